The third-order valence-electron chi connectivity index (χ3n) is 4.52. The van der Waals surface area contributed by atoms with E-state index in [9.17, 15) is 9.18 Å². The molecule has 0 spiro atoms. The maximum Gasteiger partial charge on any atom is 0.322 e. The zero-order valence-electron chi connectivity index (χ0n) is 13.6. The van der Waals surface area contributed by atoms with Crippen LogP contribution in [0.2, 0.25) is 0 Å². The van der Waals surface area contributed by atoms with Crippen molar-refractivity contribution in [3.63, 3.8) is 0 Å². The predicted octanol–water partition coefficient (Wildman–Crippen LogP) is 4.26. The van der Waals surface area contributed by atoms with Crippen molar-refractivity contribution in [2.24, 2.45) is 0 Å². The lowest BCUT2D eigenvalue weighted by Gasteiger charge is -2.37. The molecule has 2 aromatic carbocycles. The van der Waals surface area contributed by atoms with Crippen LogP contribution in [0.4, 0.5) is 14.9 Å². The van der Waals surface area contributed by atoms with Crippen molar-refractivity contribution in [2.75, 3.05) is 11.9 Å². The highest BCUT2D eigenvalue weighted by Crippen LogP contribution is 2.34. The Balaban J connectivity index is 1.71. The number of halogens is 1. The second-order valence-corrected chi connectivity index (χ2v) is 6.04. The number of amides is 2. The van der Waals surface area contributed by atoms with Gasteiger partial charge < -0.3 is 14.8 Å². The van der Waals surface area contributed by atoms with E-state index in [1.807, 2.05) is 48.7 Å². The summed E-state index contributed by atoms with van der Waals surface area (Å²) < 4.78 is 16.5. The third-order valence-corrected chi connectivity index (χ3v) is 4.52. The minimum absolute atomic E-state index is 0.230. The summed E-state index contributed by atoms with van der Waals surface area (Å²) in [7, 11) is 0. The van der Waals surface area contributed by atoms with Gasteiger partial charge in [-0.25, -0.2) is 9.18 Å². The first-order valence-corrected chi connectivity index (χ1v) is 8.26. The third kappa shape index (κ3) is 2.89. The van der Waals surface area contributed by atoms with Crippen molar-refractivity contribution in [3.05, 3.63) is 90.0 Å². The molecule has 1 atom stereocenters. The molecule has 0 saturated carbocycles. The van der Waals surface area contributed by atoms with Crippen LogP contribution in [0.1, 0.15) is 17.3 Å². The lowest BCUT2D eigenvalue weighted by atomic mass is 9.99. The normalized spacial score (nSPS) is 16.4. The van der Waals surface area contributed by atoms with Gasteiger partial charge >= 0.3 is 6.03 Å². The zero-order chi connectivity index (χ0) is 17.2. The van der Waals surface area contributed by atoms with Gasteiger partial charge in [0.25, 0.3) is 0 Å². The first kappa shape index (κ1) is 15.4. The van der Waals surface area contributed by atoms with Crippen LogP contribution in [0, 0.1) is 5.82 Å². The number of hydrogen-bond acceptors (Lipinski definition) is 1. The number of rotatable bonds is 2. The van der Waals surface area contributed by atoms with E-state index >= 15 is 0 Å². The van der Waals surface area contributed by atoms with E-state index in [1.165, 1.54) is 6.07 Å². The fourth-order valence-electron chi connectivity index (χ4n) is 3.34. The lowest BCUT2D eigenvalue weighted by molar-refractivity contribution is 0.180. The lowest BCUT2D eigenvalue weighted by Crippen LogP contribution is -2.44. The van der Waals surface area contributed by atoms with Crippen molar-refractivity contribution in [3.8, 4) is 0 Å². The average molecular weight is 335 g/mol. The van der Waals surface area contributed by atoms with E-state index in [0.29, 0.717) is 18.7 Å². The Bertz CT molecular complexity index is 891. The molecule has 0 unspecified atom stereocenters. The van der Waals surface area contributed by atoms with Crippen molar-refractivity contribution < 1.29 is 9.18 Å². The first-order chi connectivity index (χ1) is 12.2. The molecule has 0 aliphatic carbocycles. The molecule has 0 bridgehead atoms. The van der Waals surface area contributed by atoms with E-state index in [4.69, 9.17) is 0 Å². The van der Waals surface area contributed by atoms with Crippen LogP contribution in [0.3, 0.4) is 0 Å². The minimum Gasteiger partial charge on any atom is -0.348 e. The van der Waals surface area contributed by atoms with Gasteiger partial charge in [-0.1, -0.05) is 36.4 Å². The Morgan fingerprint density at radius 1 is 0.960 bits per heavy atom. The molecule has 2 amide bonds. The largest absolute Gasteiger partial charge is 0.348 e. The van der Waals surface area contributed by atoms with Crippen LogP contribution in [-0.2, 0) is 6.54 Å². The van der Waals surface area contributed by atoms with Crippen LogP contribution in [-0.4, -0.2) is 22.0 Å². The molecule has 2 heterocycles. The van der Waals surface area contributed by atoms with Crippen molar-refractivity contribution in [2.45, 2.75) is 12.6 Å². The van der Waals surface area contributed by atoms with Crippen LogP contribution in [0.5, 0.6) is 0 Å². The van der Waals surface area contributed by atoms with E-state index < -0.39 is 6.04 Å². The van der Waals surface area contributed by atoms with E-state index in [2.05, 4.69) is 9.88 Å². The number of aromatic nitrogens is 1. The highest BCUT2D eigenvalue weighted by molar-refractivity contribution is 5.90. The number of carbonyl (C=O) groups excluding carboxylic acids is 1. The van der Waals surface area contributed by atoms with Crippen molar-refractivity contribution in [1.29, 1.82) is 0 Å². The smallest absolute Gasteiger partial charge is 0.322 e. The first-order valence-electron chi connectivity index (χ1n) is 8.26. The van der Waals surface area contributed by atoms with Crippen LogP contribution in [0.15, 0.2) is 72.9 Å². The molecule has 25 heavy (non-hydrogen) atoms. The van der Waals surface area contributed by atoms with Gasteiger partial charge in [-0.3, -0.25) is 0 Å². The topological polar surface area (TPSA) is 37.3 Å². The van der Waals surface area contributed by atoms with Gasteiger partial charge in [-0.05, 0) is 30.3 Å². The molecule has 5 heteroatoms. The second-order valence-electron chi connectivity index (χ2n) is 6.04. The summed E-state index contributed by atoms with van der Waals surface area (Å²) in [6.07, 6.45) is 1.97. The Morgan fingerprint density at radius 3 is 2.52 bits per heavy atom. The zero-order valence-corrected chi connectivity index (χ0v) is 13.6. The molecular weight excluding hydrogens is 317 g/mol. The average Bonchev–Trinajstić information content (AvgIpc) is 3.11. The Kier molecular flexibility index (Phi) is 3.98. The molecule has 0 radical (unpaired) electrons. The van der Waals surface area contributed by atoms with Gasteiger partial charge in [0.05, 0.1) is 0 Å². The summed E-state index contributed by atoms with van der Waals surface area (Å²) in [5.74, 6) is -0.306. The van der Waals surface area contributed by atoms with Gasteiger partial charge in [0.2, 0.25) is 0 Å². The Hall–Kier alpha value is -3.08. The molecule has 3 aromatic rings. The number of urea groups is 1. The number of fused-ring (bicyclic) bond motifs is 1. The molecule has 1 aromatic heterocycles. The minimum atomic E-state index is -0.450. The molecule has 0 saturated heterocycles. The van der Waals surface area contributed by atoms with E-state index in [0.717, 1.165) is 11.4 Å². The van der Waals surface area contributed by atoms with Gasteiger partial charge in [-0.15, -0.1) is 0 Å². The molecular formula is C20H18FN3O. The fraction of sp³-hybridized carbons (Fsp3) is 0.150. The molecule has 0 fully saturated rings. The Labute approximate surface area is 145 Å². The van der Waals surface area contributed by atoms with Crippen LogP contribution in [0.25, 0.3) is 0 Å². The van der Waals surface area contributed by atoms with Gasteiger partial charge in [0.15, 0.2) is 0 Å². The number of anilines is 1. The van der Waals surface area contributed by atoms with Crippen molar-refractivity contribution >= 4 is 11.7 Å². The highest BCUT2D eigenvalue weighted by atomic mass is 19.1. The summed E-state index contributed by atoms with van der Waals surface area (Å²) in [6, 6.07) is 19.1. The maximum absolute atomic E-state index is 14.5. The number of benzene rings is 2. The van der Waals surface area contributed by atoms with Crippen LogP contribution >= 0.6 is 0 Å². The second kappa shape index (κ2) is 6.43. The summed E-state index contributed by atoms with van der Waals surface area (Å²) >= 11 is 0. The predicted molar refractivity (Wildman–Crippen MR) is 94.8 cm³/mol. The van der Waals surface area contributed by atoms with Gasteiger partial charge in [0.1, 0.15) is 11.9 Å². The molecule has 4 rings (SSSR count). The van der Waals surface area contributed by atoms with E-state index in [-0.39, 0.29) is 11.8 Å². The molecule has 126 valence electrons. The van der Waals surface area contributed by atoms with E-state index in [1.54, 1.807) is 23.1 Å². The fourth-order valence-corrected chi connectivity index (χ4v) is 3.34. The Morgan fingerprint density at radius 2 is 1.72 bits per heavy atom. The van der Waals surface area contributed by atoms with Gasteiger partial charge in [0, 0.05) is 36.2 Å². The maximum atomic E-state index is 14.5. The molecule has 4 nitrogen and oxygen atoms in total. The molecule has 1 aliphatic rings. The monoisotopic (exact) mass is 335 g/mol. The highest BCUT2D eigenvalue weighted by Gasteiger charge is 2.33. The van der Waals surface area contributed by atoms with Crippen LogP contribution < -0.4 is 5.32 Å². The number of hydrogen-bond donors (Lipinski definition) is 1. The molecule has 1 N–H and O–H groups in total. The summed E-state index contributed by atoms with van der Waals surface area (Å²) in [5.41, 5.74) is 2.14. The standard InChI is InChI=1S/C20H18FN3O/c21-17-10-5-4-9-16(17)19-18-11-6-12-23(18)13-14-24(19)20(25)22-15-7-2-1-3-8-15/h1-12,19H,13-14H2,(H,22,25)/t19-/m0/s1. The summed E-state index contributed by atoms with van der Waals surface area (Å²) in [6.45, 7) is 1.20. The summed E-state index contributed by atoms with van der Waals surface area (Å²) in [4.78, 5) is 14.6. The molecule has 1 aliphatic heterocycles. The quantitative estimate of drug-likeness (QED) is 0.746. The van der Waals surface area contributed by atoms with Gasteiger partial charge in [-0.2, -0.15) is 0 Å². The summed E-state index contributed by atoms with van der Waals surface area (Å²) in [5, 5.41) is 2.91. The van der Waals surface area contributed by atoms with Crippen molar-refractivity contribution in [1.82, 2.24) is 9.47 Å². The number of para-hydroxylation sites is 1. The number of nitrogens with one attached hydrogen (secondary N) is 1. The number of nitrogens with zero attached hydrogens (tertiary/aromatic N) is 2. The number of carbonyl (C=O) groups is 1. The SMILES string of the molecule is O=C(Nc1ccccc1)N1CCn2cccc2[C@@H]1c1ccccc1F.